The molecule has 1 fully saturated rings. The van der Waals surface area contributed by atoms with Gasteiger partial charge >= 0.3 is 0 Å². The van der Waals surface area contributed by atoms with Crippen LogP contribution in [0.3, 0.4) is 0 Å². The molecule has 0 spiro atoms. The maximum absolute atomic E-state index is 12.8. The molecule has 3 aromatic rings. The average Bonchev–Trinajstić information content (AvgIpc) is 3.33. The minimum atomic E-state index is -0.635. The molecule has 2 heterocycles. The molecule has 7 nitrogen and oxygen atoms in total. The molecule has 4 rings (SSSR count). The van der Waals surface area contributed by atoms with Crippen LogP contribution in [0.2, 0.25) is 0 Å². The first kappa shape index (κ1) is 24.4. The largest absolute Gasteiger partial charge is 0.384 e. The van der Waals surface area contributed by atoms with Crippen LogP contribution < -0.4 is 21.7 Å². The Balaban J connectivity index is 1.28. The summed E-state index contributed by atoms with van der Waals surface area (Å²) < 4.78 is 0. The molecular weight excluding hydrogens is 438 g/mol. The van der Waals surface area contributed by atoms with Crippen LogP contribution in [0.15, 0.2) is 66.7 Å². The average molecular weight is 472 g/mol. The third-order valence-electron chi connectivity index (χ3n) is 6.57. The second kappa shape index (κ2) is 11.1. The van der Waals surface area contributed by atoms with Crippen LogP contribution in [0.4, 0.5) is 5.82 Å². The third-order valence-corrected chi connectivity index (χ3v) is 6.57. The monoisotopic (exact) mass is 471 g/mol. The van der Waals surface area contributed by atoms with E-state index in [1.165, 1.54) is 16.7 Å². The minimum absolute atomic E-state index is 0.142. The lowest BCUT2D eigenvalue weighted by molar-refractivity contribution is -0.129. The van der Waals surface area contributed by atoms with Gasteiger partial charge in [0.2, 0.25) is 11.8 Å². The molecule has 0 radical (unpaired) electrons. The van der Waals surface area contributed by atoms with Gasteiger partial charge in [0.15, 0.2) is 0 Å². The van der Waals surface area contributed by atoms with Crippen molar-refractivity contribution in [1.82, 2.24) is 20.9 Å². The van der Waals surface area contributed by atoms with Crippen LogP contribution in [-0.4, -0.2) is 35.4 Å². The van der Waals surface area contributed by atoms with Crippen molar-refractivity contribution < 1.29 is 9.59 Å². The molecule has 2 aromatic carbocycles. The van der Waals surface area contributed by atoms with Crippen LogP contribution in [0.1, 0.15) is 30.2 Å². The van der Waals surface area contributed by atoms with E-state index in [-0.39, 0.29) is 17.9 Å². The van der Waals surface area contributed by atoms with Crippen LogP contribution >= 0.6 is 0 Å². The van der Waals surface area contributed by atoms with E-state index in [2.05, 4.69) is 69.5 Å². The molecule has 1 aliphatic heterocycles. The number of aryl methyl sites for hydroxylation is 1. The molecule has 0 bridgehead atoms. The Morgan fingerprint density at radius 2 is 1.80 bits per heavy atom. The number of pyridine rings is 1. The molecule has 7 heteroatoms. The number of rotatable bonds is 8. The van der Waals surface area contributed by atoms with Gasteiger partial charge in [0.05, 0.1) is 6.04 Å². The van der Waals surface area contributed by atoms with Crippen molar-refractivity contribution in [1.29, 1.82) is 0 Å². The summed E-state index contributed by atoms with van der Waals surface area (Å²) in [6.45, 7) is 4.65. The van der Waals surface area contributed by atoms with Gasteiger partial charge in [-0.1, -0.05) is 60.7 Å². The number of nitrogens with zero attached hydrogens (tertiary/aromatic N) is 1. The molecular formula is C28H33N5O2. The molecule has 5 N–H and O–H groups in total. The highest BCUT2D eigenvalue weighted by atomic mass is 16.2. The Labute approximate surface area is 206 Å². The van der Waals surface area contributed by atoms with Crippen molar-refractivity contribution in [2.24, 2.45) is 5.92 Å². The van der Waals surface area contributed by atoms with Gasteiger partial charge in [-0.05, 0) is 67.5 Å². The van der Waals surface area contributed by atoms with E-state index in [9.17, 15) is 9.59 Å². The fraction of sp³-hybridized carbons (Fsp3) is 0.321. The number of carbonyl (C=O) groups excluding carboxylic acids is 2. The SMILES string of the molecule is Cc1nc(N)ccc1CNC(=O)[C@H](C)NC(=O)[C@H]1C[C@H](Cc2ccccc2-c2ccccc2)CN1. The third kappa shape index (κ3) is 6.25. The van der Waals surface area contributed by atoms with E-state index in [0.29, 0.717) is 18.3 Å². The van der Waals surface area contributed by atoms with Crippen molar-refractivity contribution >= 4 is 17.6 Å². The van der Waals surface area contributed by atoms with E-state index in [4.69, 9.17) is 5.73 Å². The Kier molecular flexibility index (Phi) is 7.77. The van der Waals surface area contributed by atoms with Crippen LogP contribution in [-0.2, 0) is 22.6 Å². The van der Waals surface area contributed by atoms with Crippen LogP contribution in [0.5, 0.6) is 0 Å². The second-order valence-corrected chi connectivity index (χ2v) is 9.22. The molecule has 1 saturated heterocycles. The number of hydrogen-bond donors (Lipinski definition) is 4. The molecule has 1 aliphatic rings. The molecule has 182 valence electrons. The first-order chi connectivity index (χ1) is 16.9. The van der Waals surface area contributed by atoms with E-state index in [1.807, 2.05) is 19.1 Å². The van der Waals surface area contributed by atoms with Gasteiger partial charge in [-0.15, -0.1) is 0 Å². The summed E-state index contributed by atoms with van der Waals surface area (Å²) in [6.07, 6.45) is 1.63. The number of nitrogens with two attached hydrogens (primary N) is 1. The normalized spacial score (nSPS) is 18.1. The predicted molar refractivity (Wildman–Crippen MR) is 138 cm³/mol. The maximum atomic E-state index is 12.8. The summed E-state index contributed by atoms with van der Waals surface area (Å²) in [7, 11) is 0. The zero-order valence-corrected chi connectivity index (χ0v) is 20.3. The summed E-state index contributed by atoms with van der Waals surface area (Å²) in [6, 6.07) is 21.4. The lowest BCUT2D eigenvalue weighted by Crippen LogP contribution is -2.50. The lowest BCUT2D eigenvalue weighted by Gasteiger charge is -2.18. The molecule has 3 atom stereocenters. The first-order valence-electron chi connectivity index (χ1n) is 12.1. The van der Waals surface area contributed by atoms with Crippen molar-refractivity contribution in [3.63, 3.8) is 0 Å². The van der Waals surface area contributed by atoms with Crippen LogP contribution in [0, 0.1) is 12.8 Å². The molecule has 0 saturated carbocycles. The Morgan fingerprint density at radius 1 is 1.06 bits per heavy atom. The number of nitrogen functional groups attached to an aromatic ring is 1. The Bertz CT molecular complexity index is 1180. The molecule has 0 aliphatic carbocycles. The smallest absolute Gasteiger partial charge is 0.242 e. The minimum Gasteiger partial charge on any atom is -0.384 e. The van der Waals surface area contributed by atoms with Crippen molar-refractivity contribution in [3.05, 3.63) is 83.6 Å². The molecule has 2 amide bonds. The van der Waals surface area contributed by atoms with Crippen LogP contribution in [0.25, 0.3) is 11.1 Å². The summed E-state index contributed by atoms with van der Waals surface area (Å²) in [4.78, 5) is 29.6. The zero-order chi connectivity index (χ0) is 24.8. The summed E-state index contributed by atoms with van der Waals surface area (Å²) in [5.74, 6) is 0.419. The zero-order valence-electron chi connectivity index (χ0n) is 20.3. The molecule has 1 aromatic heterocycles. The quantitative estimate of drug-likeness (QED) is 0.404. The highest BCUT2D eigenvalue weighted by Crippen LogP contribution is 2.28. The topological polar surface area (TPSA) is 109 Å². The van der Waals surface area contributed by atoms with E-state index in [1.54, 1.807) is 13.0 Å². The van der Waals surface area contributed by atoms with Gasteiger partial charge in [0, 0.05) is 12.2 Å². The van der Waals surface area contributed by atoms with Gasteiger partial charge in [-0.3, -0.25) is 9.59 Å². The van der Waals surface area contributed by atoms with E-state index < -0.39 is 6.04 Å². The van der Waals surface area contributed by atoms with Gasteiger partial charge in [0.1, 0.15) is 11.9 Å². The standard InChI is InChI=1S/C28H33N5O2/c1-18-23(12-13-26(29)32-18)17-31-27(34)19(2)33-28(35)25-15-20(16-30-25)14-22-10-6-7-11-24(22)21-8-4-3-5-9-21/h3-13,19-20,25,30H,14-17H2,1-2H3,(H2,29,32)(H,31,34)(H,33,35)/t19-,20-,25+/m0/s1. The number of amides is 2. The number of carbonyl (C=O) groups is 2. The number of hydrogen-bond acceptors (Lipinski definition) is 5. The highest BCUT2D eigenvalue weighted by molar-refractivity contribution is 5.89. The van der Waals surface area contributed by atoms with Crippen molar-refractivity contribution in [2.45, 2.75) is 45.3 Å². The fourth-order valence-corrected chi connectivity index (χ4v) is 4.58. The first-order valence-corrected chi connectivity index (χ1v) is 12.1. The van der Waals surface area contributed by atoms with Gasteiger partial charge < -0.3 is 21.7 Å². The maximum Gasteiger partial charge on any atom is 0.242 e. The summed E-state index contributed by atoms with van der Waals surface area (Å²) in [5.41, 5.74) is 11.1. The van der Waals surface area contributed by atoms with Gasteiger partial charge in [-0.2, -0.15) is 0 Å². The van der Waals surface area contributed by atoms with Crippen molar-refractivity contribution in [3.8, 4) is 11.1 Å². The van der Waals surface area contributed by atoms with E-state index in [0.717, 1.165) is 30.6 Å². The van der Waals surface area contributed by atoms with E-state index >= 15 is 0 Å². The number of anilines is 1. The fourth-order valence-electron chi connectivity index (χ4n) is 4.58. The second-order valence-electron chi connectivity index (χ2n) is 9.22. The Hall–Kier alpha value is -3.71. The number of nitrogens with one attached hydrogen (secondary N) is 3. The summed E-state index contributed by atoms with van der Waals surface area (Å²) >= 11 is 0. The lowest BCUT2D eigenvalue weighted by atomic mass is 9.91. The number of aromatic nitrogens is 1. The Morgan fingerprint density at radius 3 is 2.57 bits per heavy atom. The molecule has 0 unspecified atom stereocenters. The number of benzene rings is 2. The van der Waals surface area contributed by atoms with Crippen molar-refractivity contribution in [2.75, 3.05) is 12.3 Å². The van der Waals surface area contributed by atoms with Gasteiger partial charge in [0.25, 0.3) is 0 Å². The summed E-state index contributed by atoms with van der Waals surface area (Å²) in [5, 5.41) is 9.05. The highest BCUT2D eigenvalue weighted by Gasteiger charge is 2.31. The molecule has 35 heavy (non-hydrogen) atoms. The predicted octanol–water partition coefficient (Wildman–Crippen LogP) is 2.98. The van der Waals surface area contributed by atoms with Gasteiger partial charge in [-0.25, -0.2) is 4.98 Å².